The third kappa shape index (κ3) is 9.45. The molecule has 37 heavy (non-hydrogen) atoms. The second-order valence-electron chi connectivity index (χ2n) is 8.73. The molecule has 0 spiro atoms. The zero-order chi connectivity index (χ0) is 26.6. The Labute approximate surface area is 227 Å². The summed E-state index contributed by atoms with van der Waals surface area (Å²) in [5.74, 6) is -0.964. The van der Waals surface area contributed by atoms with E-state index in [0.717, 1.165) is 22.6 Å². The number of aryl methyl sites for hydroxylation is 1. The van der Waals surface area contributed by atoms with Gasteiger partial charge in [-0.25, -0.2) is 4.39 Å². The van der Waals surface area contributed by atoms with Crippen LogP contribution in [0, 0.1) is 5.82 Å². The van der Waals surface area contributed by atoms with Crippen LogP contribution < -0.4 is 4.74 Å². The molecule has 0 aliphatic heterocycles. The molecule has 194 valence electrons. The number of carboxylic acids is 1. The van der Waals surface area contributed by atoms with Gasteiger partial charge in [0, 0.05) is 22.0 Å². The van der Waals surface area contributed by atoms with Gasteiger partial charge in [-0.05, 0) is 59.1 Å². The first kappa shape index (κ1) is 28.6. The van der Waals surface area contributed by atoms with Gasteiger partial charge in [0.15, 0.2) is 0 Å². The number of rotatable bonds is 14. The first-order chi connectivity index (χ1) is 17.9. The molecule has 0 fully saturated rings. The lowest BCUT2D eigenvalue weighted by atomic mass is 10.1. The fourth-order valence-corrected chi connectivity index (χ4v) is 5.85. The van der Waals surface area contributed by atoms with E-state index in [9.17, 15) is 9.18 Å². The van der Waals surface area contributed by atoms with Crippen LogP contribution >= 0.6 is 23.5 Å². The Hall–Kier alpha value is -2.96. The highest BCUT2D eigenvalue weighted by molar-refractivity contribution is 8.23. The number of ether oxygens (including phenoxy) is 1. The topological polar surface area (TPSA) is 46.5 Å². The van der Waals surface area contributed by atoms with Crippen LogP contribution in [0.2, 0.25) is 0 Å². The van der Waals surface area contributed by atoms with Crippen molar-refractivity contribution >= 4 is 35.1 Å². The van der Waals surface area contributed by atoms with E-state index in [2.05, 4.69) is 50.1 Å². The maximum absolute atomic E-state index is 14.2. The lowest BCUT2D eigenvalue weighted by Gasteiger charge is -2.17. The molecule has 0 radical (unpaired) electrons. The van der Waals surface area contributed by atoms with E-state index in [-0.39, 0.29) is 12.8 Å². The number of thioether (sulfide) groups is 2. The maximum atomic E-state index is 14.2. The molecule has 0 saturated carbocycles. The molecular formula is C31H33FO3S2. The number of aliphatic carboxylic acids is 1. The van der Waals surface area contributed by atoms with Crippen molar-refractivity contribution in [3.05, 3.63) is 117 Å². The minimum absolute atomic E-state index is 0.100. The van der Waals surface area contributed by atoms with Crippen LogP contribution in [0.25, 0.3) is 5.57 Å². The van der Waals surface area contributed by atoms with Crippen molar-refractivity contribution in [2.45, 2.75) is 51.4 Å². The Balaban J connectivity index is 1.55. The second kappa shape index (κ2) is 14.7. The Morgan fingerprint density at radius 1 is 1.11 bits per heavy atom. The molecule has 0 amide bonds. The van der Waals surface area contributed by atoms with E-state index in [1.165, 1.54) is 22.8 Å². The highest BCUT2D eigenvalue weighted by Crippen LogP contribution is 2.42. The largest absolute Gasteiger partial charge is 0.489 e. The molecule has 3 aromatic carbocycles. The minimum Gasteiger partial charge on any atom is -0.489 e. The summed E-state index contributed by atoms with van der Waals surface area (Å²) in [5.41, 5.74) is 5.05. The predicted octanol–water partition coefficient (Wildman–Crippen LogP) is 9.26. The summed E-state index contributed by atoms with van der Waals surface area (Å²) in [4.78, 5) is 10.7. The Morgan fingerprint density at radius 2 is 1.84 bits per heavy atom. The van der Waals surface area contributed by atoms with Crippen molar-refractivity contribution in [1.82, 2.24) is 0 Å². The SMILES string of the molecule is C=C(S/C=C(\C)c1ccccc1)SC(CCC)c1ccc(COc2ccc(CCC(=O)O)c(F)c2)cc1. The Morgan fingerprint density at radius 3 is 2.49 bits per heavy atom. The summed E-state index contributed by atoms with van der Waals surface area (Å²) in [6.07, 6.45) is 2.19. The first-order valence-corrected chi connectivity index (χ1v) is 14.1. The Kier molecular flexibility index (Phi) is 11.4. The molecule has 0 aliphatic rings. The highest BCUT2D eigenvalue weighted by atomic mass is 32.2. The van der Waals surface area contributed by atoms with Crippen molar-refractivity contribution < 1.29 is 19.0 Å². The maximum Gasteiger partial charge on any atom is 0.303 e. The lowest BCUT2D eigenvalue weighted by Crippen LogP contribution is -2.01. The van der Waals surface area contributed by atoms with Crippen molar-refractivity contribution in [3.63, 3.8) is 0 Å². The van der Waals surface area contributed by atoms with Gasteiger partial charge in [0.25, 0.3) is 0 Å². The number of carboxylic acid groups (broad SMARTS) is 1. The summed E-state index contributed by atoms with van der Waals surface area (Å²) in [7, 11) is 0. The quantitative estimate of drug-likeness (QED) is 0.222. The van der Waals surface area contributed by atoms with Gasteiger partial charge >= 0.3 is 5.97 Å². The van der Waals surface area contributed by atoms with Crippen molar-refractivity contribution in [3.8, 4) is 5.75 Å². The van der Waals surface area contributed by atoms with Gasteiger partial charge in [-0.2, -0.15) is 0 Å². The third-order valence-electron chi connectivity index (χ3n) is 5.81. The van der Waals surface area contributed by atoms with E-state index in [1.807, 2.05) is 30.3 Å². The van der Waals surface area contributed by atoms with Crippen LogP contribution in [0.1, 0.15) is 60.6 Å². The Bertz CT molecular complexity index is 1210. The average molecular weight is 537 g/mol. The summed E-state index contributed by atoms with van der Waals surface area (Å²) in [6.45, 7) is 8.92. The van der Waals surface area contributed by atoms with Gasteiger partial charge in [-0.3, -0.25) is 4.79 Å². The fraction of sp³-hybridized carbons (Fsp3) is 0.258. The molecule has 0 bridgehead atoms. The average Bonchev–Trinajstić information content (AvgIpc) is 2.90. The van der Waals surface area contributed by atoms with Gasteiger partial charge in [-0.15, -0.1) is 11.8 Å². The molecule has 1 unspecified atom stereocenters. The zero-order valence-electron chi connectivity index (χ0n) is 21.3. The zero-order valence-corrected chi connectivity index (χ0v) is 22.9. The summed E-state index contributed by atoms with van der Waals surface area (Å²) < 4.78 is 21.1. The van der Waals surface area contributed by atoms with Crippen molar-refractivity contribution in [2.75, 3.05) is 0 Å². The number of hydrogen-bond acceptors (Lipinski definition) is 4. The summed E-state index contributed by atoms with van der Waals surface area (Å²) in [6, 6.07) is 23.3. The van der Waals surface area contributed by atoms with Gasteiger partial charge in [0.05, 0.1) is 0 Å². The highest BCUT2D eigenvalue weighted by Gasteiger charge is 2.14. The monoisotopic (exact) mass is 536 g/mol. The van der Waals surface area contributed by atoms with Crippen LogP contribution in [0.15, 0.2) is 89.0 Å². The molecule has 0 heterocycles. The molecule has 3 aromatic rings. The molecule has 0 aromatic heterocycles. The molecule has 3 nitrogen and oxygen atoms in total. The van der Waals surface area contributed by atoms with Crippen molar-refractivity contribution in [2.24, 2.45) is 0 Å². The van der Waals surface area contributed by atoms with Gasteiger partial charge in [0.1, 0.15) is 18.2 Å². The molecule has 0 aliphatic carbocycles. The van der Waals surface area contributed by atoms with E-state index in [0.29, 0.717) is 23.2 Å². The van der Waals surface area contributed by atoms with Crippen molar-refractivity contribution in [1.29, 1.82) is 0 Å². The molecule has 0 saturated heterocycles. The summed E-state index contributed by atoms with van der Waals surface area (Å²) >= 11 is 3.47. The summed E-state index contributed by atoms with van der Waals surface area (Å²) in [5, 5.41) is 11.3. The second-order valence-corrected chi connectivity index (χ2v) is 11.2. The van der Waals surface area contributed by atoms with Gasteiger partial charge in [0.2, 0.25) is 0 Å². The number of carbonyl (C=O) groups is 1. The molecule has 6 heteroatoms. The first-order valence-electron chi connectivity index (χ1n) is 12.3. The van der Waals surface area contributed by atoms with Gasteiger partial charge in [-0.1, -0.05) is 92.3 Å². The molecule has 3 rings (SSSR count). The number of allylic oxidation sites excluding steroid dienone is 1. The van der Waals surface area contributed by atoms with Crippen LogP contribution in [-0.2, 0) is 17.8 Å². The predicted molar refractivity (Wildman–Crippen MR) is 155 cm³/mol. The van der Waals surface area contributed by atoms with Crippen LogP contribution in [0.3, 0.4) is 0 Å². The lowest BCUT2D eigenvalue weighted by molar-refractivity contribution is -0.136. The molecule has 1 atom stereocenters. The van der Waals surface area contributed by atoms with E-state index in [4.69, 9.17) is 9.84 Å². The number of benzene rings is 3. The van der Waals surface area contributed by atoms with Crippen LogP contribution in [0.5, 0.6) is 5.75 Å². The minimum atomic E-state index is -0.944. The van der Waals surface area contributed by atoms with E-state index in [1.54, 1.807) is 35.7 Å². The van der Waals surface area contributed by atoms with Crippen LogP contribution in [0.4, 0.5) is 4.39 Å². The number of halogens is 1. The normalized spacial score (nSPS) is 12.2. The van der Waals surface area contributed by atoms with Crippen LogP contribution in [-0.4, -0.2) is 11.1 Å². The standard InChI is InChI=1S/C31H33FO3S2/c1-4-8-30(37-23(3)36-21-22(2)25-9-6-5-7-10-25)27-13-11-24(12-14-27)20-35-28-17-15-26(29(32)19-28)16-18-31(33)34/h5-7,9-15,17,19,21,30H,3-4,8,16,18,20H2,1-2H3,(H,33,34)/b22-21+. The molecular weight excluding hydrogens is 503 g/mol. The van der Waals surface area contributed by atoms with E-state index >= 15 is 0 Å². The smallest absolute Gasteiger partial charge is 0.303 e. The van der Waals surface area contributed by atoms with Gasteiger partial charge < -0.3 is 9.84 Å². The third-order valence-corrected chi connectivity index (χ3v) is 8.18. The fourth-order valence-electron chi connectivity index (χ4n) is 3.72. The number of hydrogen-bond donors (Lipinski definition) is 1. The van der Waals surface area contributed by atoms with E-state index < -0.39 is 11.8 Å². The molecule has 1 N–H and O–H groups in total.